The number of rotatable bonds is 5. The van der Waals surface area contributed by atoms with Crippen molar-refractivity contribution in [3.05, 3.63) is 0 Å². The third kappa shape index (κ3) is 5.30. The Morgan fingerprint density at radius 1 is 1.43 bits per heavy atom. The molecule has 1 aliphatic heterocycles. The highest BCUT2D eigenvalue weighted by atomic mass is 16.6. The van der Waals surface area contributed by atoms with Crippen LogP contribution in [-0.2, 0) is 9.53 Å². The Kier molecular flexibility index (Phi) is 6.65. The van der Waals surface area contributed by atoms with Gasteiger partial charge in [-0.15, -0.1) is 0 Å². The summed E-state index contributed by atoms with van der Waals surface area (Å²) in [4.78, 5) is 24.8. The number of carbonyl (C=O) groups is 2. The summed E-state index contributed by atoms with van der Waals surface area (Å²) in [5.41, 5.74) is -0.564. The molecule has 1 aliphatic rings. The van der Waals surface area contributed by atoms with Gasteiger partial charge in [0.25, 0.3) is 0 Å². The van der Waals surface area contributed by atoms with E-state index in [-0.39, 0.29) is 18.2 Å². The maximum absolute atomic E-state index is 12.5. The number of ether oxygens (including phenoxy) is 1. The van der Waals surface area contributed by atoms with Crippen LogP contribution in [0, 0.1) is 0 Å². The van der Waals surface area contributed by atoms with Gasteiger partial charge in [-0.25, -0.2) is 4.79 Å². The van der Waals surface area contributed by atoms with E-state index in [1.807, 2.05) is 27.7 Å². The fourth-order valence-electron chi connectivity index (χ4n) is 2.90. The Morgan fingerprint density at radius 2 is 2.10 bits per heavy atom. The summed E-state index contributed by atoms with van der Waals surface area (Å²) < 4.78 is 5.50. The van der Waals surface area contributed by atoms with E-state index >= 15 is 0 Å². The van der Waals surface area contributed by atoms with Crippen molar-refractivity contribution < 1.29 is 19.4 Å². The molecular formula is C16H29NO4. The number of likely N-dealkylation sites (tertiary alicyclic amines) is 1. The molecule has 1 fully saturated rings. The lowest BCUT2D eigenvalue weighted by Crippen LogP contribution is -2.55. The minimum atomic E-state index is -0.564. The summed E-state index contributed by atoms with van der Waals surface area (Å²) in [5, 5.41) is 10.2. The zero-order valence-electron chi connectivity index (χ0n) is 13.7. The Balaban J connectivity index is 2.91. The van der Waals surface area contributed by atoms with Crippen LogP contribution in [0.1, 0.15) is 66.2 Å². The summed E-state index contributed by atoms with van der Waals surface area (Å²) in [5.74, 6) is 0. The first-order valence-electron chi connectivity index (χ1n) is 7.93. The summed E-state index contributed by atoms with van der Waals surface area (Å²) in [6.07, 6.45) is 4.23. The SMILES string of the molecule is CCC(O)[C@@H]1CCC[C@H](CCC=O)N1C(=O)OC(C)(C)C. The van der Waals surface area contributed by atoms with Crippen LogP contribution in [0.25, 0.3) is 0 Å². The number of piperidine rings is 1. The molecule has 1 rings (SSSR count). The first-order valence-corrected chi connectivity index (χ1v) is 7.93. The van der Waals surface area contributed by atoms with Gasteiger partial charge in [-0.2, -0.15) is 0 Å². The lowest BCUT2D eigenvalue weighted by atomic mass is 9.89. The molecule has 0 radical (unpaired) electrons. The van der Waals surface area contributed by atoms with Gasteiger partial charge < -0.3 is 14.6 Å². The number of hydrogen-bond acceptors (Lipinski definition) is 4. The van der Waals surface area contributed by atoms with Crippen LogP contribution in [0.3, 0.4) is 0 Å². The number of aliphatic hydroxyl groups is 1. The van der Waals surface area contributed by atoms with E-state index in [9.17, 15) is 14.7 Å². The topological polar surface area (TPSA) is 66.8 Å². The first-order chi connectivity index (χ1) is 9.80. The van der Waals surface area contributed by atoms with Crippen LogP contribution in [-0.4, -0.2) is 46.2 Å². The van der Waals surface area contributed by atoms with E-state index in [4.69, 9.17) is 4.74 Å². The number of nitrogens with zero attached hydrogens (tertiary/aromatic N) is 1. The van der Waals surface area contributed by atoms with E-state index in [0.29, 0.717) is 19.3 Å². The molecule has 1 amide bonds. The first kappa shape index (κ1) is 18.0. The van der Waals surface area contributed by atoms with Gasteiger partial charge in [-0.1, -0.05) is 6.92 Å². The van der Waals surface area contributed by atoms with Crippen molar-refractivity contribution in [1.29, 1.82) is 0 Å². The van der Waals surface area contributed by atoms with Crippen LogP contribution in [0.15, 0.2) is 0 Å². The average molecular weight is 299 g/mol. The van der Waals surface area contributed by atoms with E-state index in [0.717, 1.165) is 25.5 Å². The summed E-state index contributed by atoms with van der Waals surface area (Å²) in [6, 6.07) is -0.236. The minimum absolute atomic E-state index is 0.0231. The van der Waals surface area contributed by atoms with E-state index < -0.39 is 11.7 Å². The molecule has 21 heavy (non-hydrogen) atoms. The highest BCUT2D eigenvalue weighted by Crippen LogP contribution is 2.30. The molecule has 5 nitrogen and oxygen atoms in total. The normalized spacial score (nSPS) is 24.5. The monoisotopic (exact) mass is 299 g/mol. The van der Waals surface area contributed by atoms with Gasteiger partial charge in [0.15, 0.2) is 0 Å². The zero-order valence-corrected chi connectivity index (χ0v) is 13.7. The third-order valence-electron chi connectivity index (χ3n) is 3.87. The Labute approximate surface area is 127 Å². The molecule has 122 valence electrons. The second-order valence-electron chi connectivity index (χ2n) is 6.76. The fraction of sp³-hybridized carbons (Fsp3) is 0.875. The molecule has 1 unspecified atom stereocenters. The predicted octanol–water partition coefficient (Wildman–Crippen LogP) is 2.89. The van der Waals surface area contributed by atoms with Gasteiger partial charge in [0.05, 0.1) is 12.1 Å². The van der Waals surface area contributed by atoms with E-state index in [1.54, 1.807) is 4.90 Å². The van der Waals surface area contributed by atoms with Gasteiger partial charge in [0.1, 0.15) is 11.9 Å². The van der Waals surface area contributed by atoms with Crippen LogP contribution in [0.2, 0.25) is 0 Å². The molecule has 3 atom stereocenters. The Bertz CT molecular complexity index is 351. The molecule has 0 aliphatic carbocycles. The van der Waals surface area contributed by atoms with Crippen molar-refractivity contribution in [2.75, 3.05) is 0 Å². The molecule has 0 aromatic heterocycles. The third-order valence-corrected chi connectivity index (χ3v) is 3.87. The van der Waals surface area contributed by atoms with Crippen LogP contribution in [0.5, 0.6) is 0 Å². The average Bonchev–Trinajstić information content (AvgIpc) is 2.41. The molecule has 1 heterocycles. The van der Waals surface area contributed by atoms with Gasteiger partial charge in [-0.05, 0) is 52.9 Å². The molecule has 0 spiro atoms. The molecule has 5 heteroatoms. The second kappa shape index (κ2) is 7.78. The highest BCUT2D eigenvalue weighted by Gasteiger charge is 2.39. The quantitative estimate of drug-likeness (QED) is 0.793. The molecule has 0 aromatic carbocycles. The van der Waals surface area contributed by atoms with Crippen molar-refractivity contribution in [3.8, 4) is 0 Å². The van der Waals surface area contributed by atoms with Crippen LogP contribution in [0.4, 0.5) is 4.79 Å². The van der Waals surface area contributed by atoms with Crippen molar-refractivity contribution in [2.45, 2.75) is 90.0 Å². The van der Waals surface area contributed by atoms with E-state index in [2.05, 4.69) is 0 Å². The molecule has 0 aromatic rings. The summed E-state index contributed by atoms with van der Waals surface area (Å²) in [7, 11) is 0. The number of aliphatic hydroxyl groups excluding tert-OH is 1. The van der Waals surface area contributed by atoms with Crippen LogP contribution < -0.4 is 0 Å². The Hall–Kier alpha value is -1.10. The number of hydrogen-bond donors (Lipinski definition) is 1. The number of carbonyl (C=O) groups excluding carboxylic acids is 2. The Morgan fingerprint density at radius 3 is 2.62 bits per heavy atom. The summed E-state index contributed by atoms with van der Waals surface area (Å²) >= 11 is 0. The highest BCUT2D eigenvalue weighted by molar-refractivity contribution is 5.69. The standard InChI is InChI=1S/C16H29NO4/c1-5-14(19)13-10-6-8-12(9-7-11-18)17(13)15(20)21-16(2,3)4/h11-14,19H,5-10H2,1-4H3/t12-,13+,14?/m1/s1. The van der Waals surface area contributed by atoms with Crippen molar-refractivity contribution >= 4 is 12.4 Å². The van der Waals surface area contributed by atoms with Gasteiger partial charge in [0, 0.05) is 12.5 Å². The second-order valence-corrected chi connectivity index (χ2v) is 6.76. The maximum atomic E-state index is 12.5. The van der Waals surface area contributed by atoms with Gasteiger partial charge in [-0.3, -0.25) is 4.90 Å². The lowest BCUT2D eigenvalue weighted by molar-refractivity contribution is -0.108. The molecule has 1 N–H and O–H groups in total. The van der Waals surface area contributed by atoms with Crippen LogP contribution >= 0.6 is 0 Å². The smallest absolute Gasteiger partial charge is 0.410 e. The number of aldehydes is 1. The lowest BCUT2D eigenvalue weighted by Gasteiger charge is -2.44. The zero-order chi connectivity index (χ0) is 16.0. The van der Waals surface area contributed by atoms with E-state index in [1.165, 1.54) is 0 Å². The van der Waals surface area contributed by atoms with Gasteiger partial charge in [0.2, 0.25) is 0 Å². The largest absolute Gasteiger partial charge is 0.444 e. The van der Waals surface area contributed by atoms with Crippen molar-refractivity contribution in [2.24, 2.45) is 0 Å². The molecule has 0 bridgehead atoms. The maximum Gasteiger partial charge on any atom is 0.410 e. The van der Waals surface area contributed by atoms with Crippen molar-refractivity contribution in [3.63, 3.8) is 0 Å². The molecule has 0 saturated carbocycles. The minimum Gasteiger partial charge on any atom is -0.444 e. The predicted molar refractivity (Wildman–Crippen MR) is 81.1 cm³/mol. The van der Waals surface area contributed by atoms with Gasteiger partial charge >= 0.3 is 6.09 Å². The fourth-order valence-corrected chi connectivity index (χ4v) is 2.90. The summed E-state index contributed by atoms with van der Waals surface area (Å²) in [6.45, 7) is 7.41. The number of amides is 1. The molecular weight excluding hydrogens is 270 g/mol. The molecule has 1 saturated heterocycles. The van der Waals surface area contributed by atoms with Crippen molar-refractivity contribution in [1.82, 2.24) is 4.90 Å².